The summed E-state index contributed by atoms with van der Waals surface area (Å²) in [7, 11) is 0. The van der Waals surface area contributed by atoms with Crippen molar-refractivity contribution in [1.29, 1.82) is 0 Å². The summed E-state index contributed by atoms with van der Waals surface area (Å²) in [6.45, 7) is 6.28. The third kappa shape index (κ3) is 1.62. The van der Waals surface area contributed by atoms with Gasteiger partial charge in [0.25, 0.3) is 0 Å². The van der Waals surface area contributed by atoms with Gasteiger partial charge >= 0.3 is 0 Å². The lowest BCUT2D eigenvalue weighted by Crippen LogP contribution is -2.39. The Bertz CT molecular complexity index is 172. The van der Waals surface area contributed by atoms with E-state index in [-0.39, 0.29) is 11.2 Å². The molecule has 2 atom stereocenters. The molecule has 0 bridgehead atoms. The van der Waals surface area contributed by atoms with Crippen molar-refractivity contribution in [3.8, 4) is 0 Å². The van der Waals surface area contributed by atoms with Crippen LogP contribution in [0, 0.1) is 11.3 Å². The molecule has 0 saturated heterocycles. The minimum Gasteiger partial charge on any atom is -0.385 e. The lowest BCUT2D eigenvalue weighted by molar-refractivity contribution is -0.135. The summed E-state index contributed by atoms with van der Waals surface area (Å²) >= 11 is 0. The molecule has 0 aromatic rings. The number of aliphatic hydroxyl groups is 1. The van der Waals surface area contributed by atoms with Gasteiger partial charge in [0.05, 0.1) is 0 Å². The lowest BCUT2D eigenvalue weighted by atomic mass is 9.68. The number of aliphatic hydroxyl groups excluding tert-OH is 1. The molecular weight excluding hydrogens is 140 g/mol. The molecule has 0 radical (unpaired) electrons. The Balaban J connectivity index is 2.70. The first-order valence-electron chi connectivity index (χ1n) is 4.14. The van der Waals surface area contributed by atoms with Crippen molar-refractivity contribution in [3.63, 3.8) is 0 Å². The third-order valence-corrected chi connectivity index (χ3v) is 2.93. The van der Waals surface area contributed by atoms with Crippen molar-refractivity contribution in [3.05, 3.63) is 0 Å². The standard InChI is InChI=1S/C9H16O2/c1-6-4-7(10)8(11)5-9(6,2)3/h6,8,11H,4-5H2,1-3H3/t6-,8+/m0/s1. The van der Waals surface area contributed by atoms with Crippen LogP contribution >= 0.6 is 0 Å². The number of carbonyl (C=O) groups is 1. The molecule has 0 aromatic heterocycles. The molecule has 0 amide bonds. The summed E-state index contributed by atoms with van der Waals surface area (Å²) in [4.78, 5) is 11.0. The third-order valence-electron chi connectivity index (χ3n) is 2.93. The van der Waals surface area contributed by atoms with Gasteiger partial charge in [-0.15, -0.1) is 0 Å². The predicted molar refractivity (Wildman–Crippen MR) is 43.2 cm³/mol. The highest BCUT2D eigenvalue weighted by Gasteiger charge is 2.37. The molecule has 0 aromatic carbocycles. The maximum Gasteiger partial charge on any atom is 0.161 e. The van der Waals surface area contributed by atoms with E-state index in [0.29, 0.717) is 18.8 Å². The van der Waals surface area contributed by atoms with Gasteiger partial charge in [0, 0.05) is 6.42 Å². The fourth-order valence-corrected chi connectivity index (χ4v) is 1.53. The number of hydrogen-bond acceptors (Lipinski definition) is 2. The molecule has 64 valence electrons. The zero-order chi connectivity index (χ0) is 8.65. The van der Waals surface area contributed by atoms with E-state index in [2.05, 4.69) is 20.8 Å². The summed E-state index contributed by atoms with van der Waals surface area (Å²) in [5.41, 5.74) is 0.118. The first kappa shape index (κ1) is 8.72. The van der Waals surface area contributed by atoms with Gasteiger partial charge in [0.2, 0.25) is 0 Å². The van der Waals surface area contributed by atoms with Crippen LogP contribution in [0.25, 0.3) is 0 Å². The highest BCUT2D eigenvalue weighted by atomic mass is 16.3. The summed E-state index contributed by atoms with van der Waals surface area (Å²) in [5.74, 6) is 0.412. The van der Waals surface area contributed by atoms with Crippen LogP contribution in [0.4, 0.5) is 0 Å². The van der Waals surface area contributed by atoms with Crippen LogP contribution in [0.5, 0.6) is 0 Å². The summed E-state index contributed by atoms with van der Waals surface area (Å²) in [6.07, 6.45) is 0.447. The molecule has 1 fully saturated rings. The quantitative estimate of drug-likeness (QED) is 0.575. The van der Waals surface area contributed by atoms with Crippen molar-refractivity contribution >= 4 is 5.78 Å². The average Bonchev–Trinajstić information content (AvgIpc) is 1.83. The Labute approximate surface area is 67.6 Å². The molecule has 2 nitrogen and oxygen atoms in total. The number of ketones is 1. The smallest absolute Gasteiger partial charge is 0.161 e. The van der Waals surface area contributed by atoms with Gasteiger partial charge in [0.1, 0.15) is 6.10 Å². The van der Waals surface area contributed by atoms with Crippen LogP contribution in [-0.2, 0) is 4.79 Å². The van der Waals surface area contributed by atoms with Gasteiger partial charge in [-0.1, -0.05) is 20.8 Å². The molecule has 0 spiro atoms. The molecule has 1 aliphatic carbocycles. The van der Waals surface area contributed by atoms with E-state index >= 15 is 0 Å². The van der Waals surface area contributed by atoms with Crippen molar-refractivity contribution in [2.75, 3.05) is 0 Å². The fourth-order valence-electron chi connectivity index (χ4n) is 1.53. The Morgan fingerprint density at radius 1 is 1.55 bits per heavy atom. The number of rotatable bonds is 0. The Morgan fingerprint density at radius 3 is 2.55 bits per heavy atom. The second-order valence-corrected chi connectivity index (χ2v) is 4.28. The minimum atomic E-state index is -0.707. The highest BCUT2D eigenvalue weighted by molar-refractivity contribution is 5.83. The van der Waals surface area contributed by atoms with Gasteiger partial charge < -0.3 is 5.11 Å². The van der Waals surface area contributed by atoms with Crippen molar-refractivity contribution in [2.45, 2.75) is 39.7 Å². The van der Waals surface area contributed by atoms with E-state index in [0.717, 1.165) is 0 Å². The van der Waals surface area contributed by atoms with Crippen LogP contribution in [0.2, 0.25) is 0 Å². The topological polar surface area (TPSA) is 37.3 Å². The van der Waals surface area contributed by atoms with Gasteiger partial charge in [-0.3, -0.25) is 4.79 Å². The Morgan fingerprint density at radius 2 is 2.09 bits per heavy atom. The van der Waals surface area contributed by atoms with Crippen molar-refractivity contribution < 1.29 is 9.90 Å². The minimum absolute atomic E-state index is 0.0109. The molecule has 0 unspecified atom stereocenters. The highest BCUT2D eigenvalue weighted by Crippen LogP contribution is 2.38. The Kier molecular flexibility index (Phi) is 2.06. The molecule has 11 heavy (non-hydrogen) atoms. The molecular formula is C9H16O2. The number of carbonyl (C=O) groups excluding carboxylic acids is 1. The second-order valence-electron chi connectivity index (χ2n) is 4.28. The summed E-state index contributed by atoms with van der Waals surface area (Å²) in [5, 5.41) is 9.28. The van der Waals surface area contributed by atoms with Crippen LogP contribution in [0.15, 0.2) is 0 Å². The van der Waals surface area contributed by atoms with Gasteiger partial charge in [0.15, 0.2) is 5.78 Å². The maximum atomic E-state index is 11.0. The first-order chi connectivity index (χ1) is 4.93. The molecule has 1 saturated carbocycles. The van der Waals surface area contributed by atoms with Crippen LogP contribution in [-0.4, -0.2) is 17.0 Å². The molecule has 2 heteroatoms. The lowest BCUT2D eigenvalue weighted by Gasteiger charge is -2.37. The number of hydrogen-bond donors (Lipinski definition) is 1. The molecule has 0 aliphatic heterocycles. The zero-order valence-electron chi connectivity index (χ0n) is 7.42. The van der Waals surface area contributed by atoms with E-state index < -0.39 is 6.10 Å². The summed E-state index contributed by atoms with van der Waals surface area (Å²) < 4.78 is 0. The molecule has 0 heterocycles. The van der Waals surface area contributed by atoms with E-state index in [1.54, 1.807) is 0 Å². The molecule has 1 N–H and O–H groups in total. The molecule has 1 aliphatic rings. The predicted octanol–water partition coefficient (Wildman–Crippen LogP) is 1.37. The van der Waals surface area contributed by atoms with Crippen LogP contribution < -0.4 is 0 Å². The molecule has 1 rings (SSSR count). The largest absolute Gasteiger partial charge is 0.385 e. The fraction of sp³-hybridized carbons (Fsp3) is 0.889. The van der Waals surface area contributed by atoms with Gasteiger partial charge in [-0.2, -0.15) is 0 Å². The van der Waals surface area contributed by atoms with Crippen molar-refractivity contribution in [1.82, 2.24) is 0 Å². The monoisotopic (exact) mass is 156 g/mol. The van der Waals surface area contributed by atoms with Crippen molar-refractivity contribution in [2.24, 2.45) is 11.3 Å². The first-order valence-corrected chi connectivity index (χ1v) is 4.14. The van der Waals surface area contributed by atoms with Gasteiger partial charge in [-0.25, -0.2) is 0 Å². The van der Waals surface area contributed by atoms with E-state index in [4.69, 9.17) is 0 Å². The SMILES string of the molecule is C[C@H]1CC(=O)[C@H](O)CC1(C)C. The van der Waals surface area contributed by atoms with Crippen LogP contribution in [0.3, 0.4) is 0 Å². The normalized spacial score (nSPS) is 37.3. The zero-order valence-corrected chi connectivity index (χ0v) is 7.42. The van der Waals surface area contributed by atoms with Crippen LogP contribution in [0.1, 0.15) is 33.6 Å². The second kappa shape index (κ2) is 2.59. The van der Waals surface area contributed by atoms with E-state index in [9.17, 15) is 9.90 Å². The summed E-state index contributed by atoms with van der Waals surface area (Å²) in [6, 6.07) is 0. The van der Waals surface area contributed by atoms with E-state index in [1.165, 1.54) is 0 Å². The maximum absolute atomic E-state index is 11.0. The van der Waals surface area contributed by atoms with Gasteiger partial charge in [-0.05, 0) is 17.8 Å². The number of Topliss-reactive ketones (excluding diaryl/α,β-unsaturated/α-hetero) is 1. The average molecular weight is 156 g/mol. The van der Waals surface area contributed by atoms with E-state index in [1.807, 2.05) is 0 Å². The Hall–Kier alpha value is -0.370.